The summed E-state index contributed by atoms with van der Waals surface area (Å²) in [5.41, 5.74) is 0. The molecule has 1 N–H and O–H groups in total. The van der Waals surface area contributed by atoms with Crippen molar-refractivity contribution in [3.05, 3.63) is 18.2 Å². The Labute approximate surface area is 171 Å². The van der Waals surface area contributed by atoms with Crippen LogP contribution < -0.4 is 14.8 Å². The van der Waals surface area contributed by atoms with Crippen molar-refractivity contribution < 1.29 is 19.1 Å². The van der Waals surface area contributed by atoms with Crippen LogP contribution in [0.1, 0.15) is 33.6 Å². The van der Waals surface area contributed by atoms with E-state index in [-0.39, 0.29) is 23.8 Å². The van der Waals surface area contributed by atoms with E-state index in [9.17, 15) is 9.59 Å². The molecule has 1 atom stereocenters. The molecule has 2 amide bonds. The largest absolute Gasteiger partial charge is 0.486 e. The molecule has 0 saturated carbocycles. The van der Waals surface area contributed by atoms with Crippen LogP contribution in [-0.2, 0) is 9.59 Å². The van der Waals surface area contributed by atoms with Crippen LogP contribution in [-0.4, -0.2) is 54.8 Å². The van der Waals surface area contributed by atoms with Crippen molar-refractivity contribution in [1.82, 2.24) is 10.2 Å². The lowest BCUT2D eigenvalue weighted by Crippen LogP contribution is -2.46. The van der Waals surface area contributed by atoms with E-state index in [1.165, 1.54) is 11.8 Å². The van der Waals surface area contributed by atoms with Gasteiger partial charge in [0.2, 0.25) is 11.8 Å². The molecule has 0 aliphatic carbocycles. The number of amides is 2. The number of rotatable bonds is 6. The zero-order chi connectivity index (χ0) is 20.1. The van der Waals surface area contributed by atoms with Crippen molar-refractivity contribution in [2.24, 2.45) is 11.8 Å². The molecule has 6 nitrogen and oxygen atoms in total. The van der Waals surface area contributed by atoms with Gasteiger partial charge in [-0.05, 0) is 43.9 Å². The number of fused-ring (bicyclic) bond motifs is 1. The summed E-state index contributed by atoms with van der Waals surface area (Å²) in [5.74, 6) is 2.56. The summed E-state index contributed by atoms with van der Waals surface area (Å²) in [5, 5.41) is 3.10. The predicted molar refractivity (Wildman–Crippen MR) is 110 cm³/mol. The van der Waals surface area contributed by atoms with Crippen molar-refractivity contribution >= 4 is 23.6 Å². The Balaban J connectivity index is 1.43. The lowest BCUT2D eigenvalue weighted by molar-refractivity contribution is -0.134. The third-order valence-electron chi connectivity index (χ3n) is 5.46. The van der Waals surface area contributed by atoms with Crippen molar-refractivity contribution in [2.45, 2.75) is 44.6 Å². The second kappa shape index (κ2) is 9.54. The van der Waals surface area contributed by atoms with Gasteiger partial charge in [-0.3, -0.25) is 9.59 Å². The van der Waals surface area contributed by atoms with Gasteiger partial charge >= 0.3 is 0 Å². The summed E-state index contributed by atoms with van der Waals surface area (Å²) in [6.07, 6.45) is 1.47. The summed E-state index contributed by atoms with van der Waals surface area (Å²) < 4.78 is 11.1. The van der Waals surface area contributed by atoms with E-state index in [4.69, 9.17) is 9.47 Å². The predicted octanol–water partition coefficient (Wildman–Crippen LogP) is 2.95. The number of likely N-dealkylation sites (tertiary alicyclic amines) is 1. The number of hydrogen-bond donors (Lipinski definition) is 1. The number of benzene rings is 1. The molecule has 1 aromatic carbocycles. The Hall–Kier alpha value is -1.89. The number of nitrogens with zero attached hydrogens (tertiary/aromatic N) is 1. The highest BCUT2D eigenvalue weighted by molar-refractivity contribution is 8.00. The summed E-state index contributed by atoms with van der Waals surface area (Å²) in [6, 6.07) is 5.95. The van der Waals surface area contributed by atoms with E-state index in [0.717, 1.165) is 29.2 Å². The first-order valence-electron chi connectivity index (χ1n) is 10.0. The van der Waals surface area contributed by atoms with E-state index >= 15 is 0 Å². The first-order chi connectivity index (χ1) is 13.4. The number of nitrogens with one attached hydrogen (secondary N) is 1. The van der Waals surface area contributed by atoms with E-state index in [0.29, 0.717) is 38.0 Å². The normalized spacial score (nSPS) is 18.1. The molecule has 0 radical (unpaired) electrons. The van der Waals surface area contributed by atoms with Gasteiger partial charge in [0.25, 0.3) is 0 Å². The minimum absolute atomic E-state index is 0.00991. The van der Waals surface area contributed by atoms with Gasteiger partial charge in [-0.2, -0.15) is 0 Å². The van der Waals surface area contributed by atoms with E-state index in [2.05, 4.69) is 19.2 Å². The van der Waals surface area contributed by atoms with Crippen LogP contribution in [0.2, 0.25) is 0 Å². The lowest BCUT2D eigenvalue weighted by atomic mass is 9.95. The molecule has 28 heavy (non-hydrogen) atoms. The molecule has 7 heteroatoms. The molecule has 2 aliphatic rings. The van der Waals surface area contributed by atoms with E-state index < -0.39 is 0 Å². The van der Waals surface area contributed by atoms with Gasteiger partial charge in [-0.1, -0.05) is 13.8 Å². The zero-order valence-electron chi connectivity index (χ0n) is 16.9. The van der Waals surface area contributed by atoms with Gasteiger partial charge in [0.1, 0.15) is 13.2 Å². The average molecular weight is 407 g/mol. The van der Waals surface area contributed by atoms with Crippen LogP contribution in [0.4, 0.5) is 0 Å². The number of piperidine rings is 1. The molecule has 2 aliphatic heterocycles. The van der Waals surface area contributed by atoms with Crippen LogP contribution in [0.25, 0.3) is 0 Å². The van der Waals surface area contributed by atoms with Gasteiger partial charge in [-0.15, -0.1) is 11.8 Å². The van der Waals surface area contributed by atoms with E-state index in [1.807, 2.05) is 30.0 Å². The molecule has 1 unspecified atom stereocenters. The smallest absolute Gasteiger partial charge is 0.232 e. The second-order valence-corrected chi connectivity index (χ2v) is 8.84. The molecule has 3 rings (SSSR count). The van der Waals surface area contributed by atoms with Crippen LogP contribution >= 0.6 is 11.8 Å². The molecule has 0 aromatic heterocycles. The Morgan fingerprint density at radius 2 is 1.82 bits per heavy atom. The Morgan fingerprint density at radius 3 is 2.50 bits per heavy atom. The van der Waals surface area contributed by atoms with Gasteiger partial charge in [0, 0.05) is 29.9 Å². The quantitative estimate of drug-likeness (QED) is 0.736. The summed E-state index contributed by atoms with van der Waals surface area (Å²) in [4.78, 5) is 27.8. The maximum Gasteiger partial charge on any atom is 0.232 e. The maximum atomic E-state index is 12.6. The van der Waals surface area contributed by atoms with Crippen molar-refractivity contribution in [1.29, 1.82) is 0 Å². The SMILES string of the molecule is CC(C)C(C)NC(=O)C1CCN(C(=O)CSc2ccc3c(c2)OCCO3)CC1. The van der Waals surface area contributed by atoms with Gasteiger partial charge in [-0.25, -0.2) is 0 Å². The first kappa shape index (κ1) is 20.8. The van der Waals surface area contributed by atoms with Crippen LogP contribution in [0.5, 0.6) is 11.5 Å². The molecule has 1 fully saturated rings. The molecule has 154 valence electrons. The number of carbonyl (C=O) groups is 2. The molecule has 0 spiro atoms. The van der Waals surface area contributed by atoms with Crippen LogP contribution in [0.15, 0.2) is 23.1 Å². The van der Waals surface area contributed by atoms with Crippen LogP contribution in [0, 0.1) is 11.8 Å². The Kier molecular flexibility index (Phi) is 7.10. The highest BCUT2D eigenvalue weighted by atomic mass is 32.2. The molecular formula is C21H30N2O4S. The summed E-state index contributed by atoms with van der Waals surface area (Å²) >= 11 is 1.51. The molecule has 1 aromatic rings. The monoisotopic (exact) mass is 406 g/mol. The third kappa shape index (κ3) is 5.34. The Morgan fingerprint density at radius 1 is 1.14 bits per heavy atom. The summed E-state index contributed by atoms with van der Waals surface area (Å²) in [7, 11) is 0. The fourth-order valence-electron chi connectivity index (χ4n) is 3.25. The number of thioether (sulfide) groups is 1. The Bertz CT molecular complexity index is 702. The van der Waals surface area contributed by atoms with Crippen molar-refractivity contribution in [3.63, 3.8) is 0 Å². The molecule has 2 heterocycles. The maximum absolute atomic E-state index is 12.6. The standard InChI is InChI=1S/C21H30N2O4S/c1-14(2)15(3)22-21(25)16-6-8-23(9-7-16)20(24)13-28-17-4-5-18-19(12-17)27-11-10-26-18/h4-5,12,14-16H,6-11,13H2,1-3H3,(H,22,25). The van der Waals surface area contributed by atoms with Gasteiger partial charge < -0.3 is 19.7 Å². The first-order valence-corrected chi connectivity index (χ1v) is 11.0. The van der Waals surface area contributed by atoms with E-state index in [1.54, 1.807) is 0 Å². The second-order valence-electron chi connectivity index (χ2n) is 7.79. The zero-order valence-corrected chi connectivity index (χ0v) is 17.7. The van der Waals surface area contributed by atoms with Gasteiger partial charge in [0.15, 0.2) is 11.5 Å². The number of carbonyl (C=O) groups excluding carboxylic acids is 2. The average Bonchev–Trinajstić information content (AvgIpc) is 2.71. The van der Waals surface area contributed by atoms with Crippen molar-refractivity contribution in [3.8, 4) is 11.5 Å². The minimum atomic E-state index is 0.00991. The topological polar surface area (TPSA) is 67.9 Å². The summed E-state index contributed by atoms with van der Waals surface area (Å²) in [6.45, 7) is 8.66. The highest BCUT2D eigenvalue weighted by Crippen LogP contribution is 2.34. The molecule has 0 bridgehead atoms. The van der Waals surface area contributed by atoms with Gasteiger partial charge in [0.05, 0.1) is 5.75 Å². The van der Waals surface area contributed by atoms with Crippen molar-refractivity contribution in [2.75, 3.05) is 32.1 Å². The number of hydrogen-bond acceptors (Lipinski definition) is 5. The number of ether oxygens (including phenoxy) is 2. The van der Waals surface area contributed by atoms with Crippen LogP contribution in [0.3, 0.4) is 0 Å². The highest BCUT2D eigenvalue weighted by Gasteiger charge is 2.28. The molecular weight excluding hydrogens is 376 g/mol. The minimum Gasteiger partial charge on any atom is -0.486 e. The molecule has 1 saturated heterocycles. The third-order valence-corrected chi connectivity index (χ3v) is 6.44. The fourth-order valence-corrected chi connectivity index (χ4v) is 4.08. The lowest BCUT2D eigenvalue weighted by Gasteiger charge is -2.32. The fraction of sp³-hybridized carbons (Fsp3) is 0.619.